The molecule has 0 fully saturated rings. The van der Waals surface area contributed by atoms with Gasteiger partial charge in [-0.2, -0.15) is 0 Å². The van der Waals surface area contributed by atoms with E-state index in [2.05, 4.69) is 40.1 Å². The van der Waals surface area contributed by atoms with Crippen molar-refractivity contribution >= 4 is 12.1 Å². The molecule has 0 spiro atoms. The first-order valence-corrected chi connectivity index (χ1v) is 5.05. The second-order valence-corrected chi connectivity index (χ2v) is 3.59. The molecule has 1 aromatic rings. The summed E-state index contributed by atoms with van der Waals surface area (Å²) >= 11 is 0. The standard InChI is InChI=1S/C13H11N2/c1-2-6-11(7-3-1)13-14-10-12-8-4-5-9-15(12)13/h1-10,12H/q+1. The van der Waals surface area contributed by atoms with Gasteiger partial charge < -0.3 is 0 Å². The van der Waals surface area contributed by atoms with Crippen molar-refractivity contribution in [1.29, 1.82) is 0 Å². The van der Waals surface area contributed by atoms with Crippen LogP contribution in [0.15, 0.2) is 59.8 Å². The molecule has 0 N–H and O–H groups in total. The molecule has 2 aliphatic rings. The summed E-state index contributed by atoms with van der Waals surface area (Å²) in [7, 11) is 0. The number of nitrogens with zero attached hydrogens (tertiary/aromatic N) is 2. The summed E-state index contributed by atoms with van der Waals surface area (Å²) in [6, 6.07) is 10.6. The van der Waals surface area contributed by atoms with Gasteiger partial charge in [0.15, 0.2) is 12.3 Å². The van der Waals surface area contributed by atoms with E-state index in [1.165, 1.54) is 0 Å². The first-order chi connectivity index (χ1) is 7.45. The van der Waals surface area contributed by atoms with Gasteiger partial charge in [-0.05, 0) is 29.3 Å². The number of allylic oxidation sites excluding steroid dienone is 2. The zero-order chi connectivity index (χ0) is 10.1. The van der Waals surface area contributed by atoms with E-state index in [4.69, 9.17) is 0 Å². The average molecular weight is 195 g/mol. The zero-order valence-corrected chi connectivity index (χ0v) is 8.25. The third-order valence-corrected chi connectivity index (χ3v) is 2.61. The normalized spacial score (nSPS) is 22.3. The van der Waals surface area contributed by atoms with E-state index in [9.17, 15) is 0 Å². The largest absolute Gasteiger partial charge is 0.330 e. The van der Waals surface area contributed by atoms with Gasteiger partial charge in [0.25, 0.3) is 0 Å². The number of amidine groups is 1. The Morgan fingerprint density at radius 3 is 2.80 bits per heavy atom. The van der Waals surface area contributed by atoms with Crippen LogP contribution in [0.4, 0.5) is 0 Å². The minimum absolute atomic E-state index is 0.296. The first kappa shape index (κ1) is 8.36. The number of aliphatic imine (C=N–C) groups is 1. The predicted octanol–water partition coefficient (Wildman–Crippen LogP) is 1.98. The fourth-order valence-corrected chi connectivity index (χ4v) is 1.87. The Balaban J connectivity index is 2.11. The molecule has 1 atom stereocenters. The highest BCUT2D eigenvalue weighted by Crippen LogP contribution is 2.12. The van der Waals surface area contributed by atoms with Crippen LogP contribution in [0.3, 0.4) is 0 Å². The van der Waals surface area contributed by atoms with Gasteiger partial charge in [-0.1, -0.05) is 24.3 Å². The van der Waals surface area contributed by atoms with Gasteiger partial charge in [0.1, 0.15) is 0 Å². The second kappa shape index (κ2) is 3.31. The maximum Gasteiger partial charge on any atom is 0.330 e. The molecule has 72 valence electrons. The van der Waals surface area contributed by atoms with Crippen molar-refractivity contribution in [2.45, 2.75) is 6.04 Å². The van der Waals surface area contributed by atoms with Crippen LogP contribution >= 0.6 is 0 Å². The van der Waals surface area contributed by atoms with Crippen LogP contribution in [0.25, 0.3) is 0 Å². The van der Waals surface area contributed by atoms with Crippen LogP contribution in [-0.2, 0) is 0 Å². The van der Waals surface area contributed by atoms with Crippen LogP contribution < -0.4 is 0 Å². The van der Waals surface area contributed by atoms with Crippen molar-refractivity contribution in [3.05, 3.63) is 60.3 Å². The molecule has 0 amide bonds. The number of hydrogen-bond acceptors (Lipinski definition) is 1. The Kier molecular flexibility index (Phi) is 1.85. The Hall–Kier alpha value is -1.96. The van der Waals surface area contributed by atoms with E-state index in [1.807, 2.05) is 30.5 Å². The van der Waals surface area contributed by atoms with E-state index >= 15 is 0 Å². The summed E-state index contributed by atoms with van der Waals surface area (Å²) in [5.41, 5.74) is 1.16. The third-order valence-electron chi connectivity index (χ3n) is 2.61. The van der Waals surface area contributed by atoms with Crippen LogP contribution in [-0.4, -0.2) is 22.7 Å². The molecule has 15 heavy (non-hydrogen) atoms. The van der Waals surface area contributed by atoms with Crippen molar-refractivity contribution in [2.24, 2.45) is 4.99 Å². The molecule has 2 heterocycles. The smallest absolute Gasteiger partial charge is 0.217 e. The van der Waals surface area contributed by atoms with Crippen LogP contribution in [0.5, 0.6) is 0 Å². The van der Waals surface area contributed by atoms with Gasteiger partial charge in [0, 0.05) is 0 Å². The molecule has 0 saturated carbocycles. The quantitative estimate of drug-likeness (QED) is 0.609. The molecule has 3 rings (SSSR count). The fourth-order valence-electron chi connectivity index (χ4n) is 1.87. The fraction of sp³-hybridized carbons (Fsp3) is 0.0769. The van der Waals surface area contributed by atoms with E-state index in [0.717, 1.165) is 11.4 Å². The lowest BCUT2D eigenvalue weighted by Crippen LogP contribution is -2.22. The minimum Gasteiger partial charge on any atom is -0.217 e. The molecular formula is C13H11N2+. The Bertz CT molecular complexity index is 493. The Morgan fingerprint density at radius 1 is 1.07 bits per heavy atom. The van der Waals surface area contributed by atoms with Crippen LogP contribution in [0.2, 0.25) is 0 Å². The number of hydrogen-bond donors (Lipinski definition) is 0. The first-order valence-electron chi connectivity index (χ1n) is 5.05. The van der Waals surface area contributed by atoms with Gasteiger partial charge >= 0.3 is 5.84 Å². The third kappa shape index (κ3) is 1.34. The lowest BCUT2D eigenvalue weighted by molar-refractivity contribution is -0.464. The highest BCUT2D eigenvalue weighted by molar-refractivity contribution is 6.03. The summed E-state index contributed by atoms with van der Waals surface area (Å²) in [6.07, 6.45) is 10.3. The number of fused-ring (bicyclic) bond motifs is 1. The predicted molar refractivity (Wildman–Crippen MR) is 61.4 cm³/mol. The topological polar surface area (TPSA) is 15.4 Å². The Morgan fingerprint density at radius 2 is 1.93 bits per heavy atom. The molecule has 0 bridgehead atoms. The maximum absolute atomic E-state index is 4.47. The molecule has 0 aromatic heterocycles. The molecule has 2 aliphatic heterocycles. The molecular weight excluding hydrogens is 184 g/mol. The van der Waals surface area contributed by atoms with Crippen molar-refractivity contribution < 1.29 is 4.58 Å². The van der Waals surface area contributed by atoms with Crippen LogP contribution in [0.1, 0.15) is 5.56 Å². The van der Waals surface area contributed by atoms with Gasteiger partial charge in [-0.25, -0.2) is 4.58 Å². The highest BCUT2D eigenvalue weighted by atomic mass is 15.1. The van der Waals surface area contributed by atoms with Crippen molar-refractivity contribution in [2.75, 3.05) is 0 Å². The van der Waals surface area contributed by atoms with E-state index in [1.54, 1.807) is 0 Å². The van der Waals surface area contributed by atoms with Crippen molar-refractivity contribution in [3.63, 3.8) is 0 Å². The highest BCUT2D eigenvalue weighted by Gasteiger charge is 2.28. The Labute approximate surface area is 88.6 Å². The van der Waals surface area contributed by atoms with Gasteiger partial charge in [-0.3, -0.25) is 0 Å². The second-order valence-electron chi connectivity index (χ2n) is 3.59. The van der Waals surface area contributed by atoms with E-state index in [-0.39, 0.29) is 0 Å². The molecule has 1 aromatic carbocycles. The van der Waals surface area contributed by atoms with Gasteiger partial charge in [0.2, 0.25) is 0 Å². The van der Waals surface area contributed by atoms with Crippen molar-refractivity contribution in [1.82, 2.24) is 0 Å². The average Bonchev–Trinajstić information content (AvgIpc) is 2.74. The molecule has 0 saturated heterocycles. The van der Waals surface area contributed by atoms with E-state index in [0.29, 0.717) is 6.04 Å². The summed E-state index contributed by atoms with van der Waals surface area (Å²) in [4.78, 5) is 4.47. The molecule has 1 unspecified atom stereocenters. The lowest BCUT2D eigenvalue weighted by atomic mass is 10.2. The zero-order valence-electron chi connectivity index (χ0n) is 8.25. The number of rotatable bonds is 1. The lowest BCUT2D eigenvalue weighted by Gasteiger charge is -2.05. The van der Waals surface area contributed by atoms with Gasteiger partial charge in [0.05, 0.1) is 11.8 Å². The van der Waals surface area contributed by atoms with E-state index < -0.39 is 0 Å². The summed E-state index contributed by atoms with van der Waals surface area (Å²) in [5.74, 6) is 1.03. The van der Waals surface area contributed by atoms with Gasteiger partial charge in [-0.15, -0.1) is 0 Å². The minimum atomic E-state index is 0.296. The SMILES string of the molecule is C1=CC2C=NC(c3ccccc3)=[N+]2C=C1. The molecule has 0 aliphatic carbocycles. The monoisotopic (exact) mass is 195 g/mol. The number of benzene rings is 1. The summed E-state index contributed by atoms with van der Waals surface area (Å²) in [5, 5.41) is 0. The maximum atomic E-state index is 4.47. The summed E-state index contributed by atoms with van der Waals surface area (Å²) < 4.78 is 2.18. The molecule has 2 nitrogen and oxygen atoms in total. The van der Waals surface area contributed by atoms with Crippen molar-refractivity contribution in [3.8, 4) is 0 Å². The molecule has 2 heteroatoms. The summed E-state index contributed by atoms with van der Waals surface area (Å²) in [6.45, 7) is 0. The van der Waals surface area contributed by atoms with Crippen LogP contribution in [0, 0.1) is 0 Å². The molecule has 0 radical (unpaired) electrons.